The minimum Gasteiger partial charge on any atom is -0.339 e. The average Bonchev–Trinajstić information content (AvgIpc) is 3.18. The van der Waals surface area contributed by atoms with Crippen LogP contribution in [-0.2, 0) is 11.2 Å². The monoisotopic (exact) mass is 391 g/mol. The van der Waals surface area contributed by atoms with Gasteiger partial charge in [-0.3, -0.25) is 4.79 Å². The number of hydrogen-bond donors (Lipinski definition) is 1. The molecular weight excluding hydrogens is 374 g/mol. The molecule has 3 aromatic carbocycles. The fourth-order valence-corrected chi connectivity index (χ4v) is 3.24. The second kappa shape index (κ2) is 7.82. The SMILES string of the molecule is Cc1c(Cl)cccc1NC(=O)CCc1nc(-c2cccc3ccccc23)no1. The van der Waals surface area contributed by atoms with Crippen molar-refractivity contribution in [1.29, 1.82) is 0 Å². The molecule has 28 heavy (non-hydrogen) atoms. The molecule has 1 aromatic heterocycles. The van der Waals surface area contributed by atoms with E-state index in [9.17, 15) is 4.79 Å². The van der Waals surface area contributed by atoms with E-state index < -0.39 is 0 Å². The van der Waals surface area contributed by atoms with Crippen LogP contribution in [-0.4, -0.2) is 16.0 Å². The van der Waals surface area contributed by atoms with Crippen molar-refractivity contribution in [3.05, 3.63) is 77.1 Å². The molecule has 0 atom stereocenters. The number of amides is 1. The van der Waals surface area contributed by atoms with Gasteiger partial charge in [-0.1, -0.05) is 65.3 Å². The zero-order chi connectivity index (χ0) is 19.5. The Morgan fingerprint density at radius 2 is 1.86 bits per heavy atom. The predicted octanol–water partition coefficient (Wildman–Crippen LogP) is 5.42. The number of nitrogens with one attached hydrogen (secondary N) is 1. The van der Waals surface area contributed by atoms with Gasteiger partial charge in [-0.05, 0) is 35.4 Å². The quantitative estimate of drug-likeness (QED) is 0.493. The lowest BCUT2D eigenvalue weighted by Crippen LogP contribution is -2.13. The molecule has 0 saturated carbocycles. The van der Waals surface area contributed by atoms with Crippen molar-refractivity contribution in [2.45, 2.75) is 19.8 Å². The molecule has 0 aliphatic carbocycles. The van der Waals surface area contributed by atoms with Crippen LogP contribution in [0.1, 0.15) is 17.9 Å². The summed E-state index contributed by atoms with van der Waals surface area (Å²) < 4.78 is 5.35. The summed E-state index contributed by atoms with van der Waals surface area (Å²) in [5.41, 5.74) is 2.46. The molecule has 0 aliphatic heterocycles. The molecule has 1 heterocycles. The summed E-state index contributed by atoms with van der Waals surface area (Å²) in [4.78, 5) is 16.7. The number of aryl methyl sites for hydroxylation is 1. The zero-order valence-electron chi connectivity index (χ0n) is 15.3. The molecule has 0 spiro atoms. The van der Waals surface area contributed by atoms with Gasteiger partial charge in [-0.25, -0.2) is 0 Å². The van der Waals surface area contributed by atoms with E-state index in [1.807, 2.05) is 55.5 Å². The lowest BCUT2D eigenvalue weighted by Gasteiger charge is -2.08. The predicted molar refractivity (Wildman–Crippen MR) is 110 cm³/mol. The molecule has 1 N–H and O–H groups in total. The van der Waals surface area contributed by atoms with Gasteiger partial charge >= 0.3 is 0 Å². The summed E-state index contributed by atoms with van der Waals surface area (Å²) in [5, 5.41) is 9.75. The third-order valence-corrected chi connectivity index (χ3v) is 5.02. The van der Waals surface area contributed by atoms with Crippen molar-refractivity contribution < 1.29 is 9.32 Å². The normalized spacial score (nSPS) is 10.9. The molecule has 0 aliphatic rings. The van der Waals surface area contributed by atoms with E-state index in [4.69, 9.17) is 16.1 Å². The Balaban J connectivity index is 1.45. The zero-order valence-corrected chi connectivity index (χ0v) is 16.0. The molecule has 5 nitrogen and oxygen atoms in total. The van der Waals surface area contributed by atoms with Crippen molar-refractivity contribution in [2.24, 2.45) is 0 Å². The first-order chi connectivity index (χ1) is 13.6. The van der Waals surface area contributed by atoms with Crippen LogP contribution in [0.2, 0.25) is 5.02 Å². The van der Waals surface area contributed by atoms with Crippen LogP contribution in [0.5, 0.6) is 0 Å². The number of carbonyl (C=O) groups is 1. The lowest BCUT2D eigenvalue weighted by molar-refractivity contribution is -0.116. The Bertz CT molecular complexity index is 1150. The maximum atomic E-state index is 12.3. The summed E-state index contributed by atoms with van der Waals surface area (Å²) in [6.07, 6.45) is 0.604. The number of anilines is 1. The van der Waals surface area contributed by atoms with Crippen molar-refractivity contribution >= 4 is 34.0 Å². The van der Waals surface area contributed by atoms with Gasteiger partial charge in [-0.2, -0.15) is 4.98 Å². The van der Waals surface area contributed by atoms with E-state index in [0.717, 1.165) is 21.9 Å². The molecule has 0 bridgehead atoms. The molecule has 0 fully saturated rings. The first-order valence-electron chi connectivity index (χ1n) is 8.97. The molecule has 4 aromatic rings. The van der Waals surface area contributed by atoms with Crippen molar-refractivity contribution in [3.63, 3.8) is 0 Å². The van der Waals surface area contributed by atoms with Crippen molar-refractivity contribution in [3.8, 4) is 11.4 Å². The van der Waals surface area contributed by atoms with E-state index in [1.54, 1.807) is 12.1 Å². The van der Waals surface area contributed by atoms with Crippen molar-refractivity contribution in [2.75, 3.05) is 5.32 Å². The molecule has 0 saturated heterocycles. The largest absolute Gasteiger partial charge is 0.339 e. The first kappa shape index (κ1) is 18.2. The van der Waals surface area contributed by atoms with E-state index in [0.29, 0.717) is 28.8 Å². The van der Waals surface area contributed by atoms with Crippen LogP contribution < -0.4 is 5.32 Å². The van der Waals surface area contributed by atoms with Crippen LogP contribution in [0.15, 0.2) is 65.2 Å². The Morgan fingerprint density at radius 3 is 2.75 bits per heavy atom. The second-order valence-electron chi connectivity index (χ2n) is 6.50. The van der Waals surface area contributed by atoms with Crippen LogP contribution >= 0.6 is 11.6 Å². The molecule has 1 amide bonds. The first-order valence-corrected chi connectivity index (χ1v) is 9.35. The third-order valence-electron chi connectivity index (χ3n) is 4.61. The number of carbonyl (C=O) groups excluding carboxylic acids is 1. The Morgan fingerprint density at radius 1 is 1.07 bits per heavy atom. The minimum absolute atomic E-state index is 0.129. The van der Waals surface area contributed by atoms with Gasteiger partial charge in [0.1, 0.15) is 0 Å². The maximum absolute atomic E-state index is 12.3. The highest BCUT2D eigenvalue weighted by Crippen LogP contribution is 2.27. The average molecular weight is 392 g/mol. The fraction of sp³-hybridized carbons (Fsp3) is 0.136. The van der Waals surface area contributed by atoms with E-state index >= 15 is 0 Å². The summed E-state index contributed by atoms with van der Waals surface area (Å²) in [7, 11) is 0. The number of hydrogen-bond acceptors (Lipinski definition) is 4. The summed E-state index contributed by atoms with van der Waals surface area (Å²) in [5.74, 6) is 0.828. The topological polar surface area (TPSA) is 68.0 Å². The van der Waals surface area contributed by atoms with Crippen LogP contribution in [0.25, 0.3) is 22.2 Å². The second-order valence-corrected chi connectivity index (χ2v) is 6.91. The number of aromatic nitrogens is 2. The maximum Gasteiger partial charge on any atom is 0.227 e. The third kappa shape index (κ3) is 3.75. The van der Waals surface area contributed by atoms with E-state index in [-0.39, 0.29) is 12.3 Å². The Hall–Kier alpha value is -3.18. The van der Waals surface area contributed by atoms with E-state index in [1.165, 1.54) is 0 Å². The molecule has 6 heteroatoms. The van der Waals surface area contributed by atoms with Crippen LogP contribution in [0.3, 0.4) is 0 Å². The van der Waals surface area contributed by atoms with Gasteiger partial charge in [0.2, 0.25) is 17.6 Å². The molecule has 0 radical (unpaired) electrons. The van der Waals surface area contributed by atoms with Gasteiger partial charge in [0.25, 0.3) is 0 Å². The van der Waals surface area contributed by atoms with E-state index in [2.05, 4.69) is 15.5 Å². The highest BCUT2D eigenvalue weighted by atomic mass is 35.5. The summed E-state index contributed by atoms with van der Waals surface area (Å²) in [6.45, 7) is 1.87. The van der Waals surface area contributed by atoms with Crippen LogP contribution in [0.4, 0.5) is 5.69 Å². The highest BCUT2D eigenvalue weighted by molar-refractivity contribution is 6.31. The standard InChI is InChI=1S/C22H18ClN3O2/c1-14-18(23)10-5-11-19(14)24-20(27)12-13-21-25-22(26-28-21)17-9-4-7-15-6-2-3-8-16(15)17/h2-11H,12-13H2,1H3,(H,24,27). The summed E-state index contributed by atoms with van der Waals surface area (Å²) >= 11 is 6.09. The van der Waals surface area contributed by atoms with Gasteiger partial charge in [0.15, 0.2) is 0 Å². The number of fused-ring (bicyclic) bond motifs is 1. The van der Waals surface area contributed by atoms with Gasteiger partial charge < -0.3 is 9.84 Å². The highest BCUT2D eigenvalue weighted by Gasteiger charge is 2.13. The molecule has 0 unspecified atom stereocenters. The van der Waals surface area contributed by atoms with Crippen LogP contribution in [0, 0.1) is 6.92 Å². The molecule has 4 rings (SSSR count). The number of rotatable bonds is 5. The molecular formula is C22H18ClN3O2. The Labute approximate surface area is 167 Å². The molecule has 140 valence electrons. The van der Waals surface area contributed by atoms with Gasteiger partial charge in [0.05, 0.1) is 0 Å². The lowest BCUT2D eigenvalue weighted by atomic mass is 10.0. The number of nitrogens with zero attached hydrogens (tertiary/aromatic N) is 2. The van der Waals surface area contributed by atoms with Crippen molar-refractivity contribution in [1.82, 2.24) is 10.1 Å². The van der Waals surface area contributed by atoms with Gasteiger partial charge in [0, 0.05) is 29.1 Å². The number of benzene rings is 3. The smallest absolute Gasteiger partial charge is 0.227 e. The fourth-order valence-electron chi connectivity index (χ4n) is 3.06. The van der Waals surface area contributed by atoms with Gasteiger partial charge in [-0.15, -0.1) is 0 Å². The minimum atomic E-state index is -0.129. The Kier molecular flexibility index (Phi) is 5.08. The number of halogens is 1. The summed E-state index contributed by atoms with van der Waals surface area (Å²) in [6, 6.07) is 19.4.